The highest BCUT2D eigenvalue weighted by Crippen LogP contribution is 2.31. The van der Waals surface area contributed by atoms with Gasteiger partial charge in [0.15, 0.2) is 0 Å². The van der Waals surface area contributed by atoms with E-state index in [1.165, 1.54) is 6.07 Å². The largest absolute Gasteiger partial charge is 0.497 e. The lowest BCUT2D eigenvalue weighted by Gasteiger charge is -2.20. The minimum absolute atomic E-state index is 0.00502. The molecule has 0 aliphatic heterocycles. The maximum atomic E-state index is 13.4. The highest BCUT2D eigenvalue weighted by Gasteiger charge is 2.16. The van der Waals surface area contributed by atoms with Crippen LogP contribution in [0.1, 0.15) is 22.7 Å². The Hall–Kier alpha value is -1.39. The van der Waals surface area contributed by atoms with Crippen molar-refractivity contribution in [3.8, 4) is 5.75 Å². The van der Waals surface area contributed by atoms with Crippen molar-refractivity contribution >= 4 is 15.9 Å². The van der Waals surface area contributed by atoms with E-state index >= 15 is 0 Å². The van der Waals surface area contributed by atoms with Gasteiger partial charge in [-0.3, -0.25) is 0 Å². The molecule has 106 valence electrons. The maximum Gasteiger partial charge on any atom is 0.126 e. The van der Waals surface area contributed by atoms with Gasteiger partial charge in [-0.25, -0.2) is 4.39 Å². The predicted octanol–water partition coefficient (Wildman–Crippen LogP) is 4.21. The second-order valence-electron chi connectivity index (χ2n) is 4.62. The molecule has 4 heteroatoms. The minimum Gasteiger partial charge on any atom is -0.497 e. The maximum absolute atomic E-state index is 13.4. The van der Waals surface area contributed by atoms with Crippen LogP contribution in [0.15, 0.2) is 40.9 Å². The number of methoxy groups -OCH3 is 1. The SMILES string of the molecule is CNC(c1ccc(F)c(C)c1)c1ccc(OC)cc1Br. The van der Waals surface area contributed by atoms with Crippen LogP contribution >= 0.6 is 15.9 Å². The quantitative estimate of drug-likeness (QED) is 0.902. The Morgan fingerprint density at radius 2 is 1.95 bits per heavy atom. The zero-order chi connectivity index (χ0) is 14.7. The van der Waals surface area contributed by atoms with Gasteiger partial charge < -0.3 is 10.1 Å². The van der Waals surface area contributed by atoms with Gasteiger partial charge in [0, 0.05) is 4.47 Å². The van der Waals surface area contributed by atoms with Gasteiger partial charge in [-0.1, -0.05) is 34.1 Å². The minimum atomic E-state index is -0.183. The number of nitrogens with one attached hydrogen (secondary N) is 1. The van der Waals surface area contributed by atoms with E-state index in [1.54, 1.807) is 20.1 Å². The average Bonchev–Trinajstić information content (AvgIpc) is 2.45. The second-order valence-corrected chi connectivity index (χ2v) is 5.47. The van der Waals surface area contributed by atoms with Gasteiger partial charge in [0.2, 0.25) is 0 Å². The lowest BCUT2D eigenvalue weighted by atomic mass is 9.97. The first kappa shape index (κ1) is 15.0. The van der Waals surface area contributed by atoms with E-state index in [-0.39, 0.29) is 11.9 Å². The molecule has 1 atom stereocenters. The predicted molar refractivity (Wildman–Crippen MR) is 82.7 cm³/mol. The Bertz CT molecular complexity index is 615. The van der Waals surface area contributed by atoms with Crippen molar-refractivity contribution in [3.05, 3.63) is 63.4 Å². The van der Waals surface area contributed by atoms with E-state index in [9.17, 15) is 4.39 Å². The van der Waals surface area contributed by atoms with Crippen LogP contribution < -0.4 is 10.1 Å². The van der Waals surface area contributed by atoms with Crippen molar-refractivity contribution < 1.29 is 9.13 Å². The summed E-state index contributed by atoms with van der Waals surface area (Å²) in [6.07, 6.45) is 0. The van der Waals surface area contributed by atoms with E-state index < -0.39 is 0 Å². The lowest BCUT2D eigenvalue weighted by molar-refractivity contribution is 0.414. The number of hydrogen-bond acceptors (Lipinski definition) is 2. The lowest BCUT2D eigenvalue weighted by Crippen LogP contribution is -2.18. The van der Waals surface area contributed by atoms with Gasteiger partial charge in [-0.2, -0.15) is 0 Å². The van der Waals surface area contributed by atoms with Crippen molar-refractivity contribution in [1.82, 2.24) is 5.32 Å². The Morgan fingerprint density at radius 3 is 2.50 bits per heavy atom. The number of hydrogen-bond donors (Lipinski definition) is 1. The number of halogens is 2. The average molecular weight is 338 g/mol. The Balaban J connectivity index is 2.43. The third-order valence-corrected chi connectivity index (χ3v) is 4.01. The Labute approximate surface area is 127 Å². The standard InChI is InChI=1S/C16H17BrFNO/c1-10-8-11(4-7-15(10)18)16(19-2)13-6-5-12(20-3)9-14(13)17/h4-9,16,19H,1-3H3. The van der Waals surface area contributed by atoms with E-state index in [0.717, 1.165) is 21.3 Å². The topological polar surface area (TPSA) is 21.3 Å². The summed E-state index contributed by atoms with van der Waals surface area (Å²) >= 11 is 3.57. The molecule has 0 fully saturated rings. The molecule has 2 rings (SSSR count). The molecule has 0 saturated carbocycles. The summed E-state index contributed by atoms with van der Waals surface area (Å²) in [7, 11) is 3.53. The molecular weight excluding hydrogens is 321 g/mol. The molecule has 1 unspecified atom stereocenters. The molecule has 0 aliphatic carbocycles. The molecule has 0 bridgehead atoms. The van der Waals surface area contributed by atoms with Gasteiger partial charge >= 0.3 is 0 Å². The molecule has 1 N–H and O–H groups in total. The first-order chi connectivity index (χ1) is 9.56. The smallest absolute Gasteiger partial charge is 0.126 e. The molecule has 2 aromatic rings. The summed E-state index contributed by atoms with van der Waals surface area (Å²) in [5.74, 6) is 0.614. The van der Waals surface area contributed by atoms with Crippen LogP contribution in [0.2, 0.25) is 0 Å². The zero-order valence-corrected chi connectivity index (χ0v) is 13.3. The first-order valence-corrected chi connectivity index (χ1v) is 7.13. The molecule has 20 heavy (non-hydrogen) atoms. The van der Waals surface area contributed by atoms with E-state index in [1.807, 2.05) is 31.3 Å². The van der Waals surface area contributed by atoms with Crippen molar-refractivity contribution in [3.63, 3.8) is 0 Å². The first-order valence-electron chi connectivity index (χ1n) is 6.33. The summed E-state index contributed by atoms with van der Waals surface area (Å²) in [5.41, 5.74) is 2.75. The monoisotopic (exact) mass is 337 g/mol. The number of ether oxygens (including phenoxy) is 1. The summed E-state index contributed by atoms with van der Waals surface area (Å²) in [6, 6.07) is 11.0. The molecular formula is C16H17BrFNO. The highest BCUT2D eigenvalue weighted by atomic mass is 79.9. The summed E-state index contributed by atoms with van der Waals surface area (Å²) in [5, 5.41) is 3.27. The molecule has 2 aromatic carbocycles. The van der Waals surface area contributed by atoms with Gasteiger partial charge in [-0.05, 0) is 48.9 Å². The number of benzene rings is 2. The molecule has 0 spiro atoms. The van der Waals surface area contributed by atoms with Crippen LogP contribution in [-0.4, -0.2) is 14.2 Å². The van der Waals surface area contributed by atoms with Gasteiger partial charge in [0.1, 0.15) is 11.6 Å². The molecule has 0 amide bonds. The van der Waals surface area contributed by atoms with Gasteiger partial charge in [0.05, 0.1) is 13.2 Å². The van der Waals surface area contributed by atoms with Crippen LogP contribution in [0.4, 0.5) is 4.39 Å². The van der Waals surface area contributed by atoms with Crippen LogP contribution in [0.25, 0.3) is 0 Å². The fourth-order valence-corrected chi connectivity index (χ4v) is 2.80. The zero-order valence-electron chi connectivity index (χ0n) is 11.7. The summed E-state index contributed by atoms with van der Waals surface area (Å²) < 4.78 is 19.6. The highest BCUT2D eigenvalue weighted by molar-refractivity contribution is 9.10. The van der Waals surface area contributed by atoms with Crippen LogP contribution in [-0.2, 0) is 0 Å². The van der Waals surface area contributed by atoms with E-state index in [2.05, 4.69) is 21.2 Å². The number of aryl methyl sites for hydroxylation is 1. The van der Waals surface area contributed by atoms with E-state index in [4.69, 9.17) is 4.74 Å². The van der Waals surface area contributed by atoms with Crippen molar-refractivity contribution in [1.29, 1.82) is 0 Å². The molecule has 0 radical (unpaired) electrons. The molecule has 0 aliphatic rings. The van der Waals surface area contributed by atoms with Gasteiger partial charge in [0.25, 0.3) is 0 Å². The molecule has 2 nitrogen and oxygen atoms in total. The van der Waals surface area contributed by atoms with Gasteiger partial charge in [-0.15, -0.1) is 0 Å². The summed E-state index contributed by atoms with van der Waals surface area (Å²) in [6.45, 7) is 1.77. The third-order valence-electron chi connectivity index (χ3n) is 3.32. The van der Waals surface area contributed by atoms with Crippen molar-refractivity contribution in [2.75, 3.05) is 14.2 Å². The fraction of sp³-hybridized carbons (Fsp3) is 0.250. The fourth-order valence-electron chi connectivity index (χ4n) is 2.22. The number of rotatable bonds is 4. The molecule has 0 aromatic heterocycles. The van der Waals surface area contributed by atoms with Crippen molar-refractivity contribution in [2.24, 2.45) is 0 Å². The van der Waals surface area contributed by atoms with Crippen LogP contribution in [0.5, 0.6) is 5.75 Å². The molecule has 0 saturated heterocycles. The normalized spacial score (nSPS) is 12.2. The van der Waals surface area contributed by atoms with Crippen molar-refractivity contribution in [2.45, 2.75) is 13.0 Å². The summed E-state index contributed by atoms with van der Waals surface area (Å²) in [4.78, 5) is 0. The van der Waals surface area contributed by atoms with Crippen LogP contribution in [0, 0.1) is 12.7 Å². The Morgan fingerprint density at radius 1 is 1.20 bits per heavy atom. The van der Waals surface area contributed by atoms with Crippen LogP contribution in [0.3, 0.4) is 0 Å². The van der Waals surface area contributed by atoms with E-state index in [0.29, 0.717) is 5.56 Å². The molecule has 0 heterocycles. The second kappa shape index (κ2) is 6.37. The Kier molecular flexibility index (Phi) is 4.78. The third kappa shape index (κ3) is 3.02.